The normalized spacial score (nSPS) is 15.4. The van der Waals surface area contributed by atoms with Crippen molar-refractivity contribution in [2.75, 3.05) is 6.61 Å². The van der Waals surface area contributed by atoms with Crippen LogP contribution in [0.25, 0.3) is 0 Å². The molecule has 0 aliphatic rings. The smallest absolute Gasteiger partial charge is 0.191 e. The first-order chi connectivity index (χ1) is 10.5. The van der Waals surface area contributed by atoms with Crippen LogP contribution in [0.15, 0.2) is 12.7 Å². The molecule has 0 saturated heterocycles. The summed E-state index contributed by atoms with van der Waals surface area (Å²) >= 11 is 0. The summed E-state index contributed by atoms with van der Waals surface area (Å²) in [6.07, 6.45) is 12.6. The zero-order chi connectivity index (χ0) is 18.0. The summed E-state index contributed by atoms with van der Waals surface area (Å²) in [5, 5.41) is 10.1. The molecule has 138 valence electrons. The predicted octanol–water partition coefficient (Wildman–Crippen LogP) is 6.46. The summed E-state index contributed by atoms with van der Waals surface area (Å²) in [5.41, 5.74) is -0.676. The second-order valence-electron chi connectivity index (χ2n) is 8.75. The van der Waals surface area contributed by atoms with Crippen molar-refractivity contribution in [3.8, 4) is 0 Å². The third-order valence-electron chi connectivity index (χ3n) is 5.29. The van der Waals surface area contributed by atoms with Crippen molar-refractivity contribution in [2.24, 2.45) is 0 Å². The maximum Gasteiger partial charge on any atom is 0.191 e. The molecule has 0 radical (unpaired) electrons. The van der Waals surface area contributed by atoms with E-state index in [2.05, 4.69) is 40.4 Å². The van der Waals surface area contributed by atoms with Gasteiger partial charge >= 0.3 is 0 Å². The molecule has 0 spiro atoms. The van der Waals surface area contributed by atoms with Crippen molar-refractivity contribution >= 4 is 8.32 Å². The molecule has 1 N–H and O–H groups in total. The monoisotopic (exact) mass is 342 g/mol. The predicted molar refractivity (Wildman–Crippen MR) is 106 cm³/mol. The third kappa shape index (κ3) is 11.1. The zero-order valence-corrected chi connectivity index (χ0v) is 17.7. The maximum absolute atomic E-state index is 9.83. The van der Waals surface area contributed by atoms with Gasteiger partial charge in [-0.25, -0.2) is 0 Å². The van der Waals surface area contributed by atoms with Crippen LogP contribution in [0, 0.1) is 0 Å². The van der Waals surface area contributed by atoms with E-state index in [-0.39, 0.29) is 0 Å². The van der Waals surface area contributed by atoms with Gasteiger partial charge in [0, 0.05) is 6.61 Å². The van der Waals surface area contributed by atoms with Crippen LogP contribution in [0.4, 0.5) is 0 Å². The Labute approximate surface area is 146 Å². The van der Waals surface area contributed by atoms with Gasteiger partial charge in [-0.3, -0.25) is 0 Å². The number of unbranched alkanes of at least 4 members (excludes halogenated alkanes) is 7. The van der Waals surface area contributed by atoms with Crippen LogP contribution >= 0.6 is 0 Å². The number of aliphatic hydroxyl groups is 1. The second-order valence-corrected chi connectivity index (χ2v) is 13.6. The Balaban J connectivity index is 3.43. The highest BCUT2D eigenvalue weighted by molar-refractivity contribution is 6.74. The Morgan fingerprint density at radius 2 is 1.30 bits per heavy atom. The molecule has 3 heteroatoms. The van der Waals surface area contributed by atoms with Crippen molar-refractivity contribution < 1.29 is 9.53 Å². The van der Waals surface area contributed by atoms with Gasteiger partial charge in [0.05, 0.1) is 5.60 Å². The Kier molecular flexibility index (Phi) is 10.6. The molecule has 23 heavy (non-hydrogen) atoms. The van der Waals surface area contributed by atoms with E-state index in [1.807, 2.05) is 6.92 Å². The lowest BCUT2D eigenvalue weighted by Gasteiger charge is -2.36. The van der Waals surface area contributed by atoms with Crippen molar-refractivity contribution in [3.63, 3.8) is 0 Å². The van der Waals surface area contributed by atoms with Gasteiger partial charge in [0.1, 0.15) is 0 Å². The summed E-state index contributed by atoms with van der Waals surface area (Å²) in [7, 11) is -1.54. The Morgan fingerprint density at radius 1 is 0.870 bits per heavy atom. The van der Waals surface area contributed by atoms with E-state index < -0.39 is 13.9 Å². The molecule has 2 nitrogen and oxygen atoms in total. The largest absolute Gasteiger partial charge is 0.417 e. The SMILES string of the molecule is C=CC(C)(O)CCCCCCCCCCO[Si](C)(C)C(C)(C)C. The van der Waals surface area contributed by atoms with Gasteiger partial charge in [0.2, 0.25) is 0 Å². The topological polar surface area (TPSA) is 29.5 Å². The fraction of sp³-hybridized carbons (Fsp3) is 0.900. The van der Waals surface area contributed by atoms with Gasteiger partial charge in [-0.1, -0.05) is 71.8 Å². The molecule has 0 aromatic heterocycles. The van der Waals surface area contributed by atoms with Crippen molar-refractivity contribution in [1.29, 1.82) is 0 Å². The van der Waals surface area contributed by atoms with Crippen molar-refractivity contribution in [1.82, 2.24) is 0 Å². The summed E-state index contributed by atoms with van der Waals surface area (Å²) < 4.78 is 6.20. The highest BCUT2D eigenvalue weighted by Crippen LogP contribution is 2.36. The first-order valence-corrected chi connectivity index (χ1v) is 12.4. The van der Waals surface area contributed by atoms with E-state index in [4.69, 9.17) is 4.43 Å². The highest BCUT2D eigenvalue weighted by Gasteiger charge is 2.36. The highest BCUT2D eigenvalue weighted by atomic mass is 28.4. The van der Waals surface area contributed by atoms with Gasteiger partial charge in [-0.05, 0) is 37.9 Å². The molecule has 0 saturated carbocycles. The van der Waals surface area contributed by atoms with E-state index in [0.717, 1.165) is 19.4 Å². The van der Waals surface area contributed by atoms with E-state index >= 15 is 0 Å². The Hall–Kier alpha value is -0.123. The fourth-order valence-electron chi connectivity index (χ4n) is 2.29. The molecular formula is C20H42O2Si. The van der Waals surface area contributed by atoms with Crippen LogP contribution in [0.1, 0.15) is 85.5 Å². The molecule has 0 fully saturated rings. The van der Waals surface area contributed by atoms with Gasteiger partial charge in [0.15, 0.2) is 8.32 Å². The molecule has 0 bridgehead atoms. The molecule has 0 aromatic rings. The van der Waals surface area contributed by atoms with E-state index in [0.29, 0.717) is 5.04 Å². The van der Waals surface area contributed by atoms with Crippen LogP contribution in [0.3, 0.4) is 0 Å². The minimum atomic E-state index is -1.54. The standard InChI is InChI=1S/C20H42O2Si/c1-8-20(5,21)17-15-13-11-9-10-12-14-16-18-22-23(6,7)19(2,3)4/h8,21H,1,9-18H2,2-7H3. The summed E-state index contributed by atoms with van der Waals surface area (Å²) in [5.74, 6) is 0. The minimum absolute atomic E-state index is 0.323. The molecule has 0 aliphatic carbocycles. The molecule has 0 aliphatic heterocycles. The Morgan fingerprint density at radius 3 is 1.74 bits per heavy atom. The number of hydrogen-bond acceptors (Lipinski definition) is 2. The zero-order valence-electron chi connectivity index (χ0n) is 16.7. The molecular weight excluding hydrogens is 300 g/mol. The van der Waals surface area contributed by atoms with Crippen LogP contribution < -0.4 is 0 Å². The fourth-order valence-corrected chi connectivity index (χ4v) is 3.38. The first kappa shape index (κ1) is 22.9. The number of rotatable bonds is 13. The Bertz CT molecular complexity index is 316. The van der Waals surface area contributed by atoms with Crippen LogP contribution in [-0.2, 0) is 4.43 Å². The molecule has 1 atom stereocenters. The lowest BCUT2D eigenvalue weighted by atomic mass is 9.98. The van der Waals surface area contributed by atoms with Crippen LogP contribution in [0.2, 0.25) is 18.1 Å². The quantitative estimate of drug-likeness (QED) is 0.236. The third-order valence-corrected chi connectivity index (χ3v) is 9.82. The van der Waals surface area contributed by atoms with Gasteiger partial charge in [-0.2, -0.15) is 0 Å². The summed E-state index contributed by atoms with van der Waals surface area (Å²) in [6, 6.07) is 0. The molecule has 0 amide bonds. The molecule has 0 aromatic carbocycles. The average molecular weight is 343 g/mol. The van der Waals surface area contributed by atoms with Crippen LogP contribution in [-0.4, -0.2) is 25.6 Å². The van der Waals surface area contributed by atoms with Crippen molar-refractivity contribution in [3.05, 3.63) is 12.7 Å². The maximum atomic E-state index is 9.83. The molecule has 0 heterocycles. The number of hydrogen-bond donors (Lipinski definition) is 1. The van der Waals surface area contributed by atoms with E-state index in [1.54, 1.807) is 6.08 Å². The van der Waals surface area contributed by atoms with Crippen LogP contribution in [0.5, 0.6) is 0 Å². The van der Waals surface area contributed by atoms with Crippen molar-refractivity contribution in [2.45, 2.75) is 109 Å². The molecule has 0 rings (SSSR count). The summed E-state index contributed by atoms with van der Waals surface area (Å²) in [4.78, 5) is 0. The second kappa shape index (κ2) is 10.7. The van der Waals surface area contributed by atoms with Gasteiger partial charge in [-0.15, -0.1) is 6.58 Å². The summed E-state index contributed by atoms with van der Waals surface area (Å²) in [6.45, 7) is 18.0. The van der Waals surface area contributed by atoms with E-state index in [9.17, 15) is 5.11 Å². The first-order valence-electron chi connectivity index (χ1n) is 9.52. The minimum Gasteiger partial charge on any atom is -0.417 e. The van der Waals surface area contributed by atoms with E-state index in [1.165, 1.54) is 44.9 Å². The van der Waals surface area contributed by atoms with Gasteiger partial charge in [0.25, 0.3) is 0 Å². The average Bonchev–Trinajstić information content (AvgIpc) is 2.43. The lowest BCUT2D eigenvalue weighted by molar-refractivity contribution is 0.0988. The molecule has 1 unspecified atom stereocenters. The van der Waals surface area contributed by atoms with Gasteiger partial charge < -0.3 is 9.53 Å². The lowest BCUT2D eigenvalue weighted by Crippen LogP contribution is -2.40.